The third-order valence-electron chi connectivity index (χ3n) is 8.69. The van der Waals surface area contributed by atoms with Crippen molar-refractivity contribution in [2.45, 2.75) is 6.42 Å². The minimum absolute atomic E-state index is 0.838. The van der Waals surface area contributed by atoms with Crippen LogP contribution < -0.4 is 10.4 Å². The van der Waals surface area contributed by atoms with E-state index in [2.05, 4.69) is 164 Å². The van der Waals surface area contributed by atoms with Gasteiger partial charge in [-0.2, -0.15) is 0 Å². The molecule has 44 heavy (non-hydrogen) atoms. The van der Waals surface area contributed by atoms with Gasteiger partial charge in [0.1, 0.15) is 0 Å². The Labute approximate surface area is 261 Å². The van der Waals surface area contributed by atoms with Crippen molar-refractivity contribution in [2.75, 3.05) is 0 Å². The van der Waals surface area contributed by atoms with Crippen molar-refractivity contribution in [1.29, 1.82) is 0 Å². The fourth-order valence-corrected chi connectivity index (χ4v) is 7.58. The maximum atomic E-state index is 4.54. The number of benzene rings is 6. The van der Waals surface area contributed by atoms with Gasteiger partial charge in [-0.05, 0) is 90.9 Å². The molecule has 8 rings (SSSR count). The lowest BCUT2D eigenvalue weighted by molar-refractivity contribution is 1.32. The molecule has 1 heteroatoms. The smallest absolute Gasteiger partial charge is 0.0355 e. The number of allylic oxidation sites excluding steroid dienone is 5. The molecule has 0 fully saturated rings. The predicted octanol–water partition coefficient (Wildman–Crippen LogP) is 10.3. The summed E-state index contributed by atoms with van der Waals surface area (Å²) in [4.78, 5) is 0. The highest BCUT2D eigenvalue weighted by Gasteiger charge is 2.12. The Morgan fingerprint density at radius 1 is 0.500 bits per heavy atom. The molecule has 0 saturated heterocycles. The molecule has 0 amide bonds. The van der Waals surface area contributed by atoms with E-state index < -0.39 is 0 Å². The molecule has 1 heterocycles. The molecule has 0 nitrogen and oxygen atoms in total. The second-order valence-corrected chi connectivity index (χ2v) is 12.4. The van der Waals surface area contributed by atoms with Crippen LogP contribution in [0.2, 0.25) is 0 Å². The molecule has 0 unspecified atom stereocenters. The normalized spacial score (nSPS) is 17.5. The van der Waals surface area contributed by atoms with Crippen LogP contribution in [0.25, 0.3) is 53.2 Å². The van der Waals surface area contributed by atoms with Gasteiger partial charge in [-0.25, -0.2) is 0 Å². The van der Waals surface area contributed by atoms with E-state index in [4.69, 9.17) is 0 Å². The summed E-state index contributed by atoms with van der Waals surface area (Å²) in [6.07, 6.45) is 9.48. The lowest BCUT2D eigenvalue weighted by Gasteiger charge is -2.14. The topological polar surface area (TPSA) is 0 Å². The molecule has 0 radical (unpaired) electrons. The van der Waals surface area contributed by atoms with Crippen molar-refractivity contribution in [3.63, 3.8) is 0 Å². The highest BCUT2D eigenvalue weighted by Crippen LogP contribution is 2.36. The van der Waals surface area contributed by atoms with Crippen molar-refractivity contribution in [3.05, 3.63) is 191 Å². The molecule has 0 atom stereocenters. The van der Waals surface area contributed by atoms with Crippen LogP contribution in [0.4, 0.5) is 0 Å². The first-order valence-corrected chi connectivity index (χ1v) is 15.9. The fraction of sp³-hybridized carbons (Fsp3) is 0.0233. The Balaban J connectivity index is 1.30. The molecule has 0 aliphatic heterocycles. The Morgan fingerprint density at radius 2 is 1.18 bits per heavy atom. The number of hydrogen-bond acceptors (Lipinski definition) is 1. The summed E-state index contributed by atoms with van der Waals surface area (Å²) in [5.74, 6) is 0. The second kappa shape index (κ2) is 11.1. The van der Waals surface area contributed by atoms with Crippen LogP contribution in [0.15, 0.2) is 170 Å². The van der Waals surface area contributed by atoms with Gasteiger partial charge in [-0.15, -0.1) is 11.3 Å². The van der Waals surface area contributed by atoms with Crippen LogP contribution in [-0.2, 0) is 0 Å². The van der Waals surface area contributed by atoms with Gasteiger partial charge in [0.15, 0.2) is 0 Å². The molecular formula is C43H30S. The summed E-state index contributed by atoms with van der Waals surface area (Å²) in [7, 11) is 0. The Hall–Kier alpha value is -5.24. The average molecular weight is 579 g/mol. The van der Waals surface area contributed by atoms with E-state index in [1.807, 2.05) is 11.3 Å². The Bertz CT molecular complexity index is 2410. The fourth-order valence-electron chi connectivity index (χ4n) is 6.50. The van der Waals surface area contributed by atoms with Crippen LogP contribution in [0.5, 0.6) is 0 Å². The van der Waals surface area contributed by atoms with Gasteiger partial charge in [0.2, 0.25) is 0 Å². The molecule has 208 valence electrons. The van der Waals surface area contributed by atoms with Gasteiger partial charge in [0.05, 0.1) is 0 Å². The van der Waals surface area contributed by atoms with Crippen molar-refractivity contribution in [3.8, 4) is 11.1 Å². The molecule has 0 spiro atoms. The van der Waals surface area contributed by atoms with Crippen LogP contribution in [0.1, 0.15) is 17.5 Å². The van der Waals surface area contributed by atoms with E-state index in [0.717, 1.165) is 12.0 Å². The van der Waals surface area contributed by atoms with E-state index in [-0.39, 0.29) is 0 Å². The molecule has 7 aromatic rings. The predicted molar refractivity (Wildman–Crippen MR) is 191 cm³/mol. The quantitative estimate of drug-likeness (QED) is 0.196. The van der Waals surface area contributed by atoms with E-state index in [0.29, 0.717) is 0 Å². The molecule has 6 aromatic carbocycles. The monoisotopic (exact) mass is 578 g/mol. The third kappa shape index (κ3) is 4.72. The highest BCUT2D eigenvalue weighted by molar-refractivity contribution is 7.25. The van der Waals surface area contributed by atoms with Gasteiger partial charge in [-0.3, -0.25) is 0 Å². The zero-order valence-electron chi connectivity index (χ0n) is 24.3. The van der Waals surface area contributed by atoms with Crippen molar-refractivity contribution >= 4 is 53.4 Å². The minimum atomic E-state index is 0.838. The Kier molecular flexibility index (Phi) is 6.67. The van der Waals surface area contributed by atoms with Crippen LogP contribution in [0.3, 0.4) is 0 Å². The molecule has 0 saturated carbocycles. The number of hydrogen-bond donors (Lipinski definition) is 0. The first-order chi connectivity index (χ1) is 21.7. The summed E-state index contributed by atoms with van der Waals surface area (Å²) in [5.41, 5.74) is 8.38. The van der Waals surface area contributed by atoms with Crippen LogP contribution in [-0.4, -0.2) is 0 Å². The zero-order valence-corrected chi connectivity index (χ0v) is 25.2. The lowest BCUT2D eigenvalue weighted by Crippen LogP contribution is -2.30. The first kappa shape index (κ1) is 26.4. The lowest BCUT2D eigenvalue weighted by atomic mass is 9.90. The van der Waals surface area contributed by atoms with Crippen LogP contribution in [0, 0.1) is 0 Å². The largest absolute Gasteiger partial charge is 0.135 e. The number of thiophene rings is 1. The number of fused-ring (bicyclic) bond motifs is 5. The van der Waals surface area contributed by atoms with Crippen molar-refractivity contribution < 1.29 is 0 Å². The van der Waals surface area contributed by atoms with E-state index in [1.54, 1.807) is 0 Å². The molecule has 1 aliphatic rings. The summed E-state index contributed by atoms with van der Waals surface area (Å²) in [5, 5.41) is 7.60. The van der Waals surface area contributed by atoms with Gasteiger partial charge in [0.25, 0.3) is 0 Å². The second-order valence-electron chi connectivity index (χ2n) is 11.4. The molecule has 1 aromatic heterocycles. The zero-order chi connectivity index (χ0) is 29.5. The van der Waals surface area contributed by atoms with E-state index in [1.165, 1.54) is 74.8 Å². The Morgan fingerprint density at radius 3 is 2.07 bits per heavy atom. The maximum Gasteiger partial charge on any atom is 0.0355 e. The van der Waals surface area contributed by atoms with Gasteiger partial charge in [0, 0.05) is 20.2 Å². The van der Waals surface area contributed by atoms with E-state index in [9.17, 15) is 0 Å². The highest BCUT2D eigenvalue weighted by atomic mass is 32.1. The van der Waals surface area contributed by atoms with Gasteiger partial charge in [-0.1, -0.05) is 140 Å². The molecule has 0 bridgehead atoms. The van der Waals surface area contributed by atoms with Crippen LogP contribution >= 0.6 is 11.3 Å². The SMILES string of the molecule is C=C1/C=C\C=C/C/C(c2ccc(-c3ccc4sc5ccccc5c4c3)cc2)=c2/cccc/c2=C/1c1ccc2ccccc2c1. The van der Waals surface area contributed by atoms with Gasteiger partial charge >= 0.3 is 0 Å². The maximum absolute atomic E-state index is 4.54. The summed E-state index contributed by atoms with van der Waals surface area (Å²) in [6, 6.07) is 48.8. The minimum Gasteiger partial charge on any atom is -0.135 e. The van der Waals surface area contributed by atoms with E-state index >= 15 is 0 Å². The van der Waals surface area contributed by atoms with Crippen molar-refractivity contribution in [1.82, 2.24) is 0 Å². The third-order valence-corrected chi connectivity index (χ3v) is 9.84. The summed E-state index contributed by atoms with van der Waals surface area (Å²) in [6.45, 7) is 4.54. The first-order valence-electron chi connectivity index (χ1n) is 15.1. The summed E-state index contributed by atoms with van der Waals surface area (Å²) < 4.78 is 2.67. The van der Waals surface area contributed by atoms with Crippen molar-refractivity contribution in [2.24, 2.45) is 0 Å². The summed E-state index contributed by atoms with van der Waals surface area (Å²) >= 11 is 1.86. The molecule has 0 N–H and O–H groups in total. The standard InChI is InChI=1S/C43H30S/c1-29-11-3-2-4-14-36(37-15-7-8-17-39(37)43(29)35-24-21-30-12-5-6-13-33(30)27-35)32-22-19-31(20-23-32)34-25-26-42-40(28-34)38-16-9-10-18-41(38)44-42/h2-13,15-28H,1,14H2/b4-2-,11-3-,37-36+,43-39+. The average Bonchev–Trinajstić information content (AvgIpc) is 3.45. The number of rotatable bonds is 3. The van der Waals surface area contributed by atoms with Gasteiger partial charge < -0.3 is 0 Å². The molecular weight excluding hydrogens is 549 g/mol. The molecule has 1 aliphatic carbocycles.